The summed E-state index contributed by atoms with van der Waals surface area (Å²) in [7, 11) is 0. The van der Waals surface area contributed by atoms with E-state index in [1.807, 2.05) is 13.8 Å². The number of halogens is 1. The Kier molecular flexibility index (Phi) is 5.61. The van der Waals surface area contributed by atoms with Gasteiger partial charge in [-0.2, -0.15) is 0 Å². The molecule has 20 heavy (non-hydrogen) atoms. The van der Waals surface area contributed by atoms with E-state index in [0.717, 1.165) is 30.0 Å². The number of nitrogens with zero attached hydrogens (tertiary/aromatic N) is 3. The van der Waals surface area contributed by atoms with Crippen LogP contribution in [0.3, 0.4) is 0 Å². The summed E-state index contributed by atoms with van der Waals surface area (Å²) in [6, 6.07) is 0. The quantitative estimate of drug-likeness (QED) is 0.905. The van der Waals surface area contributed by atoms with Crippen LogP contribution in [0.25, 0.3) is 0 Å². The first-order valence-corrected chi connectivity index (χ1v) is 7.91. The molecule has 112 valence electrons. The molecule has 0 amide bonds. The molecule has 2 rings (SSSR count). The molecule has 1 saturated heterocycles. The van der Waals surface area contributed by atoms with Gasteiger partial charge in [-0.25, -0.2) is 0 Å². The molecule has 0 aliphatic carbocycles. The van der Waals surface area contributed by atoms with Gasteiger partial charge in [0.15, 0.2) is 11.0 Å². The molecular formula is C15H25ClN4. The van der Waals surface area contributed by atoms with Gasteiger partial charge < -0.3 is 10.2 Å². The summed E-state index contributed by atoms with van der Waals surface area (Å²) in [5.41, 5.74) is 2.10. The maximum absolute atomic E-state index is 5.97. The number of anilines is 1. The third-order valence-corrected chi connectivity index (χ3v) is 4.46. The Morgan fingerprint density at radius 3 is 2.55 bits per heavy atom. The highest BCUT2D eigenvalue weighted by Crippen LogP contribution is 2.20. The third kappa shape index (κ3) is 4.06. The minimum atomic E-state index is 0.495. The second-order valence-corrected chi connectivity index (χ2v) is 6.29. The zero-order valence-corrected chi connectivity index (χ0v) is 13.5. The van der Waals surface area contributed by atoms with Crippen molar-refractivity contribution in [3.05, 3.63) is 16.3 Å². The van der Waals surface area contributed by atoms with Gasteiger partial charge in [-0.15, -0.1) is 10.2 Å². The normalized spacial score (nSPS) is 18.0. The first-order valence-electron chi connectivity index (χ1n) is 7.53. The lowest BCUT2D eigenvalue weighted by Gasteiger charge is -2.29. The first-order chi connectivity index (χ1) is 9.58. The fraction of sp³-hybridized carbons (Fsp3) is 0.733. The van der Waals surface area contributed by atoms with E-state index >= 15 is 0 Å². The number of hydrogen-bond acceptors (Lipinski definition) is 4. The molecule has 4 nitrogen and oxygen atoms in total. The molecule has 1 aliphatic heterocycles. The van der Waals surface area contributed by atoms with Gasteiger partial charge in [-0.3, -0.25) is 0 Å². The molecule has 1 aromatic rings. The highest BCUT2D eigenvalue weighted by atomic mass is 35.5. The highest BCUT2D eigenvalue weighted by Gasteiger charge is 2.14. The van der Waals surface area contributed by atoms with E-state index < -0.39 is 0 Å². The van der Waals surface area contributed by atoms with Gasteiger partial charge in [-0.1, -0.05) is 24.9 Å². The van der Waals surface area contributed by atoms with Gasteiger partial charge in [0.2, 0.25) is 0 Å². The lowest BCUT2D eigenvalue weighted by Crippen LogP contribution is -2.35. The fourth-order valence-electron chi connectivity index (χ4n) is 2.66. The van der Waals surface area contributed by atoms with Crippen molar-refractivity contribution in [2.24, 2.45) is 5.92 Å². The second kappa shape index (κ2) is 7.23. The molecule has 1 fully saturated rings. The zero-order chi connectivity index (χ0) is 14.5. The standard InChI is InChI=1S/C15H25ClN4/c1-11(10-20-7-5-4-6-8-20)9-17-15-13(3)12(2)14(16)18-19-15/h11H,4-10H2,1-3H3,(H,17,19). The van der Waals surface area contributed by atoms with Gasteiger partial charge in [0.05, 0.1) is 0 Å². The summed E-state index contributed by atoms with van der Waals surface area (Å²) >= 11 is 5.97. The Morgan fingerprint density at radius 1 is 1.15 bits per heavy atom. The third-order valence-electron chi connectivity index (χ3n) is 4.10. The van der Waals surface area contributed by atoms with E-state index in [4.69, 9.17) is 11.6 Å². The smallest absolute Gasteiger partial charge is 0.155 e. The Balaban J connectivity index is 1.83. The van der Waals surface area contributed by atoms with Crippen molar-refractivity contribution in [3.63, 3.8) is 0 Å². The minimum Gasteiger partial charge on any atom is -0.368 e. The van der Waals surface area contributed by atoms with Crippen molar-refractivity contribution < 1.29 is 0 Å². The maximum atomic E-state index is 5.97. The molecule has 0 bridgehead atoms. The Labute approximate surface area is 126 Å². The maximum Gasteiger partial charge on any atom is 0.155 e. The monoisotopic (exact) mass is 296 g/mol. The van der Waals surface area contributed by atoms with Crippen molar-refractivity contribution in [2.75, 3.05) is 31.5 Å². The molecule has 0 aromatic carbocycles. The van der Waals surface area contributed by atoms with Crippen LogP contribution in [0.2, 0.25) is 5.15 Å². The van der Waals surface area contributed by atoms with Gasteiger partial charge in [0, 0.05) is 13.1 Å². The summed E-state index contributed by atoms with van der Waals surface area (Å²) < 4.78 is 0. The van der Waals surface area contributed by atoms with Crippen molar-refractivity contribution in [2.45, 2.75) is 40.0 Å². The highest BCUT2D eigenvalue weighted by molar-refractivity contribution is 6.30. The van der Waals surface area contributed by atoms with Crippen LogP contribution in [0, 0.1) is 19.8 Å². The van der Waals surface area contributed by atoms with E-state index in [9.17, 15) is 0 Å². The number of likely N-dealkylation sites (tertiary alicyclic amines) is 1. The average Bonchev–Trinajstić information content (AvgIpc) is 2.45. The number of hydrogen-bond donors (Lipinski definition) is 1. The van der Waals surface area contributed by atoms with Crippen molar-refractivity contribution in [1.82, 2.24) is 15.1 Å². The summed E-state index contributed by atoms with van der Waals surface area (Å²) in [4.78, 5) is 2.57. The first kappa shape index (κ1) is 15.5. The molecule has 0 radical (unpaired) electrons. The molecule has 2 heterocycles. The van der Waals surface area contributed by atoms with Crippen LogP contribution < -0.4 is 5.32 Å². The summed E-state index contributed by atoms with van der Waals surface area (Å²) in [5.74, 6) is 1.46. The molecule has 0 spiro atoms. The number of nitrogens with one attached hydrogen (secondary N) is 1. The van der Waals surface area contributed by atoms with Crippen LogP contribution in [0.15, 0.2) is 0 Å². The van der Waals surface area contributed by atoms with E-state index in [2.05, 4.69) is 27.3 Å². The van der Waals surface area contributed by atoms with Crippen LogP contribution in [0.1, 0.15) is 37.3 Å². The SMILES string of the molecule is Cc1c(Cl)nnc(NCC(C)CN2CCCCC2)c1C. The predicted octanol–water partition coefficient (Wildman–Crippen LogP) is 3.28. The summed E-state index contributed by atoms with van der Waals surface area (Å²) in [6.07, 6.45) is 4.09. The molecule has 1 N–H and O–H groups in total. The second-order valence-electron chi connectivity index (χ2n) is 5.94. The Morgan fingerprint density at radius 2 is 1.85 bits per heavy atom. The van der Waals surface area contributed by atoms with Crippen molar-refractivity contribution in [1.29, 1.82) is 0 Å². The van der Waals surface area contributed by atoms with Crippen LogP contribution in [-0.4, -0.2) is 41.3 Å². The minimum absolute atomic E-state index is 0.495. The molecule has 0 saturated carbocycles. The average molecular weight is 297 g/mol. The van der Waals surface area contributed by atoms with Crippen LogP contribution in [-0.2, 0) is 0 Å². The van der Waals surface area contributed by atoms with Crippen LogP contribution in [0.4, 0.5) is 5.82 Å². The van der Waals surface area contributed by atoms with E-state index in [1.165, 1.54) is 32.4 Å². The Bertz CT molecular complexity index is 444. The van der Waals surface area contributed by atoms with Gasteiger partial charge in [0.1, 0.15) is 0 Å². The van der Waals surface area contributed by atoms with Gasteiger partial charge in [-0.05, 0) is 56.8 Å². The van der Waals surface area contributed by atoms with Gasteiger partial charge in [0.25, 0.3) is 0 Å². The van der Waals surface area contributed by atoms with Crippen LogP contribution in [0.5, 0.6) is 0 Å². The summed E-state index contributed by atoms with van der Waals surface area (Å²) in [6.45, 7) is 10.9. The Hall–Kier alpha value is -0.870. The largest absolute Gasteiger partial charge is 0.368 e. The number of piperidine rings is 1. The lowest BCUT2D eigenvalue weighted by molar-refractivity contribution is 0.204. The molecule has 1 aliphatic rings. The number of rotatable bonds is 5. The molecule has 1 atom stereocenters. The van der Waals surface area contributed by atoms with Crippen molar-refractivity contribution in [3.8, 4) is 0 Å². The fourth-order valence-corrected chi connectivity index (χ4v) is 2.84. The topological polar surface area (TPSA) is 41.1 Å². The zero-order valence-electron chi connectivity index (χ0n) is 12.7. The predicted molar refractivity (Wildman–Crippen MR) is 84.5 cm³/mol. The molecular weight excluding hydrogens is 272 g/mol. The molecule has 5 heteroatoms. The molecule has 1 aromatic heterocycles. The lowest BCUT2D eigenvalue weighted by atomic mass is 10.1. The van der Waals surface area contributed by atoms with E-state index in [-0.39, 0.29) is 0 Å². The molecule has 1 unspecified atom stereocenters. The van der Waals surface area contributed by atoms with Crippen molar-refractivity contribution >= 4 is 17.4 Å². The summed E-state index contributed by atoms with van der Waals surface area (Å²) in [5, 5.41) is 12.0. The van der Waals surface area contributed by atoms with E-state index in [0.29, 0.717) is 11.1 Å². The number of aromatic nitrogens is 2. The van der Waals surface area contributed by atoms with Crippen LogP contribution >= 0.6 is 11.6 Å². The van der Waals surface area contributed by atoms with Gasteiger partial charge >= 0.3 is 0 Å². The van der Waals surface area contributed by atoms with E-state index in [1.54, 1.807) is 0 Å².